The van der Waals surface area contributed by atoms with E-state index in [1.165, 1.54) is 11.3 Å². The molecule has 0 saturated carbocycles. The molecule has 1 aliphatic rings. The summed E-state index contributed by atoms with van der Waals surface area (Å²) in [5.74, 6) is 0. The average molecular weight is 302 g/mol. The van der Waals surface area contributed by atoms with Crippen molar-refractivity contribution in [3.63, 3.8) is 0 Å². The zero-order valence-electron chi connectivity index (χ0n) is 9.00. The van der Waals surface area contributed by atoms with Gasteiger partial charge in [-0.3, -0.25) is 4.90 Å². The molecule has 0 aliphatic carbocycles. The summed E-state index contributed by atoms with van der Waals surface area (Å²) in [7, 11) is 0. The van der Waals surface area contributed by atoms with Crippen LogP contribution in [0.15, 0.2) is 5.38 Å². The lowest BCUT2D eigenvalue weighted by atomic mass is 10.2. The van der Waals surface area contributed by atoms with Crippen LogP contribution in [0, 0.1) is 0 Å². The Morgan fingerprint density at radius 1 is 1.56 bits per heavy atom. The standard InChI is InChI=1S/C10H14Cl2N2S.ClH/c1-7-4-14(3-2-13-7)5-8-6-15-10(12)9(8)11;/h6-7,13H,2-5H2,1H3;1H. The van der Waals surface area contributed by atoms with E-state index in [0.29, 0.717) is 10.4 Å². The van der Waals surface area contributed by atoms with Gasteiger partial charge in [-0.15, -0.1) is 23.7 Å². The molecule has 92 valence electrons. The molecule has 0 amide bonds. The van der Waals surface area contributed by atoms with Crippen molar-refractivity contribution in [2.45, 2.75) is 19.5 Å². The number of nitrogens with one attached hydrogen (secondary N) is 1. The Morgan fingerprint density at radius 3 is 2.88 bits per heavy atom. The highest BCUT2D eigenvalue weighted by Crippen LogP contribution is 2.33. The first-order chi connectivity index (χ1) is 7.16. The fourth-order valence-electron chi connectivity index (χ4n) is 1.86. The molecule has 1 fully saturated rings. The lowest BCUT2D eigenvalue weighted by Gasteiger charge is -2.31. The molecule has 6 heteroatoms. The number of thiophene rings is 1. The summed E-state index contributed by atoms with van der Waals surface area (Å²) in [4.78, 5) is 2.41. The second kappa shape index (κ2) is 6.43. The molecule has 1 atom stereocenters. The molecular weight excluding hydrogens is 287 g/mol. The Labute approximate surface area is 116 Å². The monoisotopic (exact) mass is 300 g/mol. The third-order valence-electron chi connectivity index (χ3n) is 2.61. The Balaban J connectivity index is 0.00000128. The van der Waals surface area contributed by atoms with Gasteiger partial charge in [0.05, 0.1) is 5.02 Å². The van der Waals surface area contributed by atoms with Crippen LogP contribution in [0.25, 0.3) is 0 Å². The molecule has 1 saturated heterocycles. The molecule has 2 nitrogen and oxygen atoms in total. The second-order valence-electron chi connectivity index (χ2n) is 3.94. The van der Waals surface area contributed by atoms with Crippen LogP contribution in [-0.4, -0.2) is 30.6 Å². The third kappa shape index (κ3) is 3.49. The maximum absolute atomic E-state index is 6.10. The minimum atomic E-state index is 0. The van der Waals surface area contributed by atoms with E-state index in [1.807, 2.05) is 0 Å². The fraction of sp³-hybridized carbons (Fsp3) is 0.600. The van der Waals surface area contributed by atoms with Gasteiger partial charge in [-0.05, 0) is 17.9 Å². The minimum Gasteiger partial charge on any atom is -0.312 e. The van der Waals surface area contributed by atoms with Gasteiger partial charge in [0.25, 0.3) is 0 Å². The molecule has 2 rings (SSSR count). The first-order valence-corrected chi connectivity index (χ1v) is 6.67. The zero-order chi connectivity index (χ0) is 10.8. The van der Waals surface area contributed by atoms with Crippen LogP contribution in [0.5, 0.6) is 0 Å². The maximum atomic E-state index is 6.10. The lowest BCUT2D eigenvalue weighted by Crippen LogP contribution is -2.48. The lowest BCUT2D eigenvalue weighted by molar-refractivity contribution is 0.200. The summed E-state index contributed by atoms with van der Waals surface area (Å²) >= 11 is 13.5. The second-order valence-corrected chi connectivity index (χ2v) is 5.80. The fourth-order valence-corrected chi connectivity index (χ4v) is 3.10. The van der Waals surface area contributed by atoms with Gasteiger partial charge >= 0.3 is 0 Å². The highest BCUT2D eigenvalue weighted by molar-refractivity contribution is 7.15. The van der Waals surface area contributed by atoms with Crippen molar-refractivity contribution < 1.29 is 0 Å². The van der Waals surface area contributed by atoms with Crippen molar-refractivity contribution in [3.8, 4) is 0 Å². The van der Waals surface area contributed by atoms with E-state index in [1.54, 1.807) is 0 Å². The minimum absolute atomic E-state index is 0. The topological polar surface area (TPSA) is 15.3 Å². The molecule has 0 bridgehead atoms. The van der Waals surface area contributed by atoms with E-state index in [-0.39, 0.29) is 12.4 Å². The van der Waals surface area contributed by atoms with Gasteiger partial charge in [0.15, 0.2) is 0 Å². The zero-order valence-corrected chi connectivity index (χ0v) is 12.1. The van der Waals surface area contributed by atoms with Crippen LogP contribution in [-0.2, 0) is 6.54 Å². The van der Waals surface area contributed by atoms with E-state index in [4.69, 9.17) is 23.2 Å². The van der Waals surface area contributed by atoms with E-state index < -0.39 is 0 Å². The molecule has 1 unspecified atom stereocenters. The van der Waals surface area contributed by atoms with Crippen molar-refractivity contribution in [2.24, 2.45) is 0 Å². The normalized spacial score (nSPS) is 21.8. The van der Waals surface area contributed by atoms with E-state index >= 15 is 0 Å². The highest BCUT2D eigenvalue weighted by atomic mass is 35.5. The molecule has 1 aromatic heterocycles. The summed E-state index contributed by atoms with van der Waals surface area (Å²) in [6.45, 7) is 6.32. The number of hydrogen-bond donors (Lipinski definition) is 1. The summed E-state index contributed by atoms with van der Waals surface area (Å²) in [5, 5.41) is 6.20. The predicted octanol–water partition coefficient (Wildman–Crippen LogP) is 3.27. The molecule has 0 spiro atoms. The van der Waals surface area contributed by atoms with Crippen LogP contribution in [0.3, 0.4) is 0 Å². The maximum Gasteiger partial charge on any atom is 0.112 e. The van der Waals surface area contributed by atoms with Gasteiger partial charge in [-0.25, -0.2) is 0 Å². The predicted molar refractivity (Wildman–Crippen MR) is 74.3 cm³/mol. The van der Waals surface area contributed by atoms with Gasteiger partial charge < -0.3 is 5.32 Å². The summed E-state index contributed by atoms with van der Waals surface area (Å²) in [6, 6.07) is 0.562. The van der Waals surface area contributed by atoms with Gasteiger partial charge in [-0.2, -0.15) is 0 Å². The average Bonchev–Trinajstić information content (AvgIpc) is 2.50. The van der Waals surface area contributed by atoms with Gasteiger partial charge in [0, 0.05) is 32.2 Å². The Bertz CT molecular complexity index is 343. The van der Waals surface area contributed by atoms with E-state index in [2.05, 4.69) is 22.5 Å². The van der Waals surface area contributed by atoms with Gasteiger partial charge in [0.1, 0.15) is 4.34 Å². The van der Waals surface area contributed by atoms with Crippen molar-refractivity contribution in [1.29, 1.82) is 0 Å². The molecule has 16 heavy (non-hydrogen) atoms. The number of nitrogens with zero attached hydrogens (tertiary/aromatic N) is 1. The third-order valence-corrected chi connectivity index (χ3v) is 4.52. The quantitative estimate of drug-likeness (QED) is 0.902. The molecule has 0 aromatic carbocycles. The smallest absolute Gasteiger partial charge is 0.112 e. The first kappa shape index (κ1) is 14.6. The van der Waals surface area contributed by atoms with Crippen molar-refractivity contribution in [2.75, 3.05) is 19.6 Å². The molecule has 1 aliphatic heterocycles. The summed E-state index contributed by atoms with van der Waals surface area (Å²) in [5.41, 5.74) is 1.15. The molecule has 2 heterocycles. The van der Waals surface area contributed by atoms with Crippen molar-refractivity contribution in [1.82, 2.24) is 10.2 Å². The largest absolute Gasteiger partial charge is 0.312 e. The highest BCUT2D eigenvalue weighted by Gasteiger charge is 2.17. The molecule has 1 N–H and O–H groups in total. The van der Waals surface area contributed by atoms with E-state index in [9.17, 15) is 0 Å². The number of hydrogen-bond acceptors (Lipinski definition) is 3. The van der Waals surface area contributed by atoms with Crippen LogP contribution < -0.4 is 5.32 Å². The Hall–Kier alpha value is 0.490. The van der Waals surface area contributed by atoms with Gasteiger partial charge in [-0.1, -0.05) is 23.2 Å². The van der Waals surface area contributed by atoms with Crippen molar-refractivity contribution >= 4 is 46.9 Å². The molecular formula is C10H15Cl3N2S. The molecule has 1 aromatic rings. The summed E-state index contributed by atoms with van der Waals surface area (Å²) in [6.07, 6.45) is 0. The van der Waals surface area contributed by atoms with Crippen molar-refractivity contribution in [3.05, 3.63) is 20.3 Å². The van der Waals surface area contributed by atoms with Crippen LogP contribution in [0.2, 0.25) is 9.36 Å². The first-order valence-electron chi connectivity index (χ1n) is 5.04. The number of piperazine rings is 1. The van der Waals surface area contributed by atoms with E-state index in [0.717, 1.165) is 36.8 Å². The van der Waals surface area contributed by atoms with Gasteiger partial charge in [0.2, 0.25) is 0 Å². The van der Waals surface area contributed by atoms with Crippen LogP contribution in [0.1, 0.15) is 12.5 Å². The van der Waals surface area contributed by atoms with Crippen LogP contribution >= 0.6 is 46.9 Å². The van der Waals surface area contributed by atoms with Crippen LogP contribution in [0.4, 0.5) is 0 Å². The number of halogens is 3. The number of rotatable bonds is 2. The summed E-state index contributed by atoms with van der Waals surface area (Å²) < 4.78 is 0.704. The molecule has 0 radical (unpaired) electrons. The Kier molecular flexibility index (Phi) is 5.85. The Morgan fingerprint density at radius 2 is 2.31 bits per heavy atom. The SMILES string of the molecule is CC1CN(Cc2csc(Cl)c2Cl)CCN1.Cl.